The Kier molecular flexibility index (Phi) is 5.21. The minimum absolute atomic E-state index is 0.410. The van der Waals surface area contributed by atoms with E-state index in [1.807, 2.05) is 6.92 Å². The van der Waals surface area contributed by atoms with Crippen LogP contribution in [0.25, 0.3) is 0 Å². The van der Waals surface area contributed by atoms with E-state index >= 15 is 0 Å². The van der Waals surface area contributed by atoms with Crippen molar-refractivity contribution in [3.63, 3.8) is 0 Å². The summed E-state index contributed by atoms with van der Waals surface area (Å²) in [4.78, 5) is 9.62. The van der Waals surface area contributed by atoms with Crippen LogP contribution in [-0.4, -0.2) is 19.9 Å². The highest BCUT2D eigenvalue weighted by molar-refractivity contribution is 5.38. The molecule has 0 aliphatic rings. The third-order valence-corrected chi connectivity index (χ3v) is 0.967. The molecular formula is C6H11O3. The van der Waals surface area contributed by atoms with E-state index in [1.165, 1.54) is 13.6 Å². The Morgan fingerprint density at radius 3 is 2.67 bits per heavy atom. The van der Waals surface area contributed by atoms with Crippen LogP contribution in [0.2, 0.25) is 0 Å². The molecule has 0 bridgehead atoms. The van der Waals surface area contributed by atoms with Crippen molar-refractivity contribution in [3.05, 3.63) is 0 Å². The molecule has 0 heterocycles. The Balaban J connectivity index is 3.28. The van der Waals surface area contributed by atoms with E-state index in [4.69, 9.17) is 4.74 Å². The van der Waals surface area contributed by atoms with Gasteiger partial charge in [0.25, 0.3) is 0 Å². The summed E-state index contributed by atoms with van der Waals surface area (Å²) < 4.78 is 9.15. The summed E-state index contributed by atoms with van der Waals surface area (Å²) in [5.74, 6) is 0. The molecule has 0 aromatic heterocycles. The van der Waals surface area contributed by atoms with Gasteiger partial charge in [0.15, 0.2) is 0 Å². The Hall–Kier alpha value is -0.570. The number of rotatable bonds is 5. The van der Waals surface area contributed by atoms with Crippen molar-refractivity contribution < 1.29 is 14.3 Å². The highest BCUT2D eigenvalue weighted by Gasteiger charge is 2.03. The van der Waals surface area contributed by atoms with Gasteiger partial charge >= 0.3 is 6.47 Å². The number of carbonyl (C=O) groups excluding carboxylic acids is 1. The second-order valence-electron chi connectivity index (χ2n) is 1.66. The Bertz CT molecular complexity index is 72.7. The molecule has 0 aromatic carbocycles. The topological polar surface area (TPSA) is 35.5 Å². The first kappa shape index (κ1) is 8.43. The van der Waals surface area contributed by atoms with E-state index in [-0.39, 0.29) is 0 Å². The van der Waals surface area contributed by atoms with Crippen LogP contribution >= 0.6 is 0 Å². The highest BCUT2D eigenvalue weighted by Crippen LogP contribution is 1.99. The first-order chi connectivity index (χ1) is 4.35. The van der Waals surface area contributed by atoms with Crippen LogP contribution in [-0.2, 0) is 14.3 Å². The fourth-order valence-corrected chi connectivity index (χ4v) is 0.514. The van der Waals surface area contributed by atoms with Gasteiger partial charge in [-0.15, -0.1) is 0 Å². The van der Waals surface area contributed by atoms with Gasteiger partial charge in [-0.25, -0.2) is 4.79 Å². The molecule has 9 heavy (non-hydrogen) atoms. The van der Waals surface area contributed by atoms with Crippen LogP contribution in [0, 0.1) is 0 Å². The number of hydrogen-bond acceptors (Lipinski definition) is 3. The first-order valence-electron chi connectivity index (χ1n) is 2.90. The summed E-state index contributed by atoms with van der Waals surface area (Å²) in [6.07, 6.45) is 1.25. The van der Waals surface area contributed by atoms with Crippen LogP contribution < -0.4 is 0 Å². The normalized spacial score (nSPS) is 12.7. The summed E-state index contributed by atoms with van der Waals surface area (Å²) >= 11 is 0. The van der Waals surface area contributed by atoms with Gasteiger partial charge in [-0.3, -0.25) is 0 Å². The van der Waals surface area contributed by atoms with Crippen LogP contribution in [0.4, 0.5) is 0 Å². The van der Waals surface area contributed by atoms with E-state index in [2.05, 4.69) is 4.74 Å². The molecule has 3 heteroatoms. The molecule has 1 unspecified atom stereocenters. The fourth-order valence-electron chi connectivity index (χ4n) is 0.514. The molecule has 0 spiro atoms. The van der Waals surface area contributed by atoms with Gasteiger partial charge < -0.3 is 9.47 Å². The van der Waals surface area contributed by atoms with Crippen LogP contribution in [0.3, 0.4) is 0 Å². The van der Waals surface area contributed by atoms with E-state index in [1.54, 1.807) is 0 Å². The predicted molar refractivity (Wildman–Crippen MR) is 32.5 cm³/mol. The Morgan fingerprint density at radius 2 is 2.33 bits per heavy atom. The molecule has 1 atom stereocenters. The minimum Gasteiger partial charge on any atom is -0.427 e. The first-order valence-corrected chi connectivity index (χ1v) is 2.90. The quantitative estimate of drug-likeness (QED) is 0.519. The van der Waals surface area contributed by atoms with E-state index in [0.717, 1.165) is 12.8 Å². The second-order valence-corrected chi connectivity index (χ2v) is 1.66. The SMILES string of the molecule is CCCC(OC)O[C]=O. The highest BCUT2D eigenvalue weighted by atomic mass is 16.7. The summed E-state index contributed by atoms with van der Waals surface area (Å²) in [6.45, 7) is 3.31. The van der Waals surface area contributed by atoms with Crippen molar-refractivity contribution in [3.8, 4) is 0 Å². The van der Waals surface area contributed by atoms with Crippen LogP contribution in [0.5, 0.6) is 0 Å². The molecule has 0 N–H and O–H groups in total. The van der Waals surface area contributed by atoms with Crippen molar-refractivity contribution in [2.45, 2.75) is 26.1 Å². The lowest BCUT2D eigenvalue weighted by atomic mass is 10.3. The molecule has 0 fully saturated rings. The third-order valence-electron chi connectivity index (χ3n) is 0.967. The fraction of sp³-hybridized carbons (Fsp3) is 0.833. The standard InChI is InChI=1S/C6H11O3/c1-3-4-6(8-2)9-5-7/h6H,3-4H2,1-2H3. The zero-order valence-corrected chi connectivity index (χ0v) is 5.72. The monoisotopic (exact) mass is 131 g/mol. The molecular weight excluding hydrogens is 120 g/mol. The molecule has 0 amide bonds. The van der Waals surface area contributed by atoms with Gasteiger partial charge in [-0.05, 0) is 0 Å². The van der Waals surface area contributed by atoms with E-state index < -0.39 is 6.29 Å². The van der Waals surface area contributed by atoms with Gasteiger partial charge in [0, 0.05) is 13.5 Å². The van der Waals surface area contributed by atoms with Crippen molar-refractivity contribution in [2.75, 3.05) is 7.11 Å². The summed E-state index contributed by atoms with van der Waals surface area (Å²) in [5.41, 5.74) is 0. The van der Waals surface area contributed by atoms with Crippen LogP contribution in [0.15, 0.2) is 0 Å². The summed E-state index contributed by atoms with van der Waals surface area (Å²) in [7, 11) is 1.50. The lowest BCUT2D eigenvalue weighted by molar-refractivity contribution is -0.0683. The molecule has 3 nitrogen and oxygen atoms in total. The van der Waals surface area contributed by atoms with Gasteiger partial charge in [0.05, 0.1) is 0 Å². The molecule has 0 saturated heterocycles. The largest absolute Gasteiger partial charge is 0.427 e. The minimum atomic E-state index is -0.410. The van der Waals surface area contributed by atoms with Gasteiger partial charge in [-0.2, -0.15) is 0 Å². The molecule has 0 rings (SSSR count). The molecule has 0 aliphatic carbocycles. The Labute approximate surface area is 55.0 Å². The van der Waals surface area contributed by atoms with E-state index in [9.17, 15) is 4.79 Å². The molecule has 0 saturated carbocycles. The maximum atomic E-state index is 9.62. The van der Waals surface area contributed by atoms with E-state index in [0.29, 0.717) is 0 Å². The molecule has 0 aromatic rings. The second kappa shape index (κ2) is 5.56. The zero-order chi connectivity index (χ0) is 7.11. The summed E-state index contributed by atoms with van der Waals surface area (Å²) in [5, 5.41) is 0. The molecule has 1 radical (unpaired) electrons. The number of hydrogen-bond donors (Lipinski definition) is 0. The lowest BCUT2D eigenvalue weighted by Crippen LogP contribution is -2.13. The van der Waals surface area contributed by atoms with Crippen molar-refractivity contribution in [2.24, 2.45) is 0 Å². The van der Waals surface area contributed by atoms with Gasteiger partial charge in [-0.1, -0.05) is 13.3 Å². The maximum absolute atomic E-state index is 9.62. The third kappa shape index (κ3) is 3.97. The van der Waals surface area contributed by atoms with Crippen LogP contribution in [0.1, 0.15) is 19.8 Å². The number of methoxy groups -OCH3 is 1. The predicted octanol–water partition coefficient (Wildman–Crippen LogP) is 0.843. The maximum Gasteiger partial charge on any atom is 0.419 e. The lowest BCUT2D eigenvalue weighted by Gasteiger charge is -2.09. The zero-order valence-electron chi connectivity index (χ0n) is 5.72. The average Bonchev–Trinajstić information content (AvgIpc) is 1.88. The molecule has 0 aliphatic heterocycles. The smallest absolute Gasteiger partial charge is 0.419 e. The average molecular weight is 131 g/mol. The Morgan fingerprint density at radius 1 is 1.67 bits per heavy atom. The van der Waals surface area contributed by atoms with Crippen molar-refractivity contribution in [1.82, 2.24) is 0 Å². The number of ether oxygens (including phenoxy) is 2. The van der Waals surface area contributed by atoms with Gasteiger partial charge in [0.2, 0.25) is 6.29 Å². The van der Waals surface area contributed by atoms with Gasteiger partial charge in [0.1, 0.15) is 0 Å². The molecule has 53 valence electrons. The van der Waals surface area contributed by atoms with Crippen molar-refractivity contribution >= 4 is 6.47 Å². The summed E-state index contributed by atoms with van der Waals surface area (Å²) in [6, 6.07) is 0. The van der Waals surface area contributed by atoms with Crippen molar-refractivity contribution in [1.29, 1.82) is 0 Å².